The van der Waals surface area contributed by atoms with Gasteiger partial charge in [-0.15, -0.1) is 0 Å². The first-order valence-electron chi connectivity index (χ1n) is 10.3. The van der Waals surface area contributed by atoms with Gasteiger partial charge in [0.15, 0.2) is 12.4 Å². The molecule has 4 rings (SSSR count). The van der Waals surface area contributed by atoms with Crippen LogP contribution in [-0.2, 0) is 9.59 Å². The fraction of sp³-hybridized carbons (Fsp3) is 0.391. The number of carbonyl (C=O) groups excluding carboxylic acids is 3. The second-order valence-corrected chi connectivity index (χ2v) is 8.11. The molecule has 0 aliphatic carbocycles. The predicted molar refractivity (Wildman–Crippen MR) is 113 cm³/mol. The zero-order valence-corrected chi connectivity index (χ0v) is 17.6. The lowest BCUT2D eigenvalue weighted by atomic mass is 9.82. The molecular formula is C23H25N3O5. The molecule has 1 fully saturated rings. The van der Waals surface area contributed by atoms with E-state index in [2.05, 4.69) is 10.3 Å². The van der Waals surface area contributed by atoms with Gasteiger partial charge < -0.3 is 19.7 Å². The minimum absolute atomic E-state index is 0.0206. The van der Waals surface area contributed by atoms with Crippen LogP contribution in [0.1, 0.15) is 42.1 Å². The molecule has 162 valence electrons. The van der Waals surface area contributed by atoms with Gasteiger partial charge in [-0.05, 0) is 30.7 Å². The lowest BCUT2D eigenvalue weighted by Crippen LogP contribution is -2.51. The summed E-state index contributed by atoms with van der Waals surface area (Å²) in [6, 6.07) is 8.57. The first kappa shape index (κ1) is 20.8. The minimum Gasteiger partial charge on any atom is -0.486 e. The Hall–Kier alpha value is -3.42. The van der Waals surface area contributed by atoms with Gasteiger partial charge in [0.1, 0.15) is 22.9 Å². The summed E-state index contributed by atoms with van der Waals surface area (Å²) >= 11 is 0. The smallest absolute Gasteiger partial charge is 0.263 e. The highest BCUT2D eigenvalue weighted by molar-refractivity contribution is 6.00. The molecule has 2 aromatic rings. The first-order valence-corrected chi connectivity index (χ1v) is 10.3. The number of nitrogens with zero attached hydrogens (tertiary/aromatic N) is 2. The van der Waals surface area contributed by atoms with E-state index in [0.717, 1.165) is 5.56 Å². The van der Waals surface area contributed by atoms with Crippen molar-refractivity contribution in [1.82, 2.24) is 9.88 Å². The van der Waals surface area contributed by atoms with Gasteiger partial charge in [-0.1, -0.05) is 6.07 Å². The number of Topliss-reactive ketones (excluding diaryl/α,β-unsaturated/α-hetero) is 1. The topological polar surface area (TPSA) is 97.8 Å². The lowest BCUT2D eigenvalue weighted by molar-refractivity contribution is -0.132. The van der Waals surface area contributed by atoms with Crippen LogP contribution < -0.4 is 14.8 Å². The van der Waals surface area contributed by atoms with Crippen molar-refractivity contribution in [3.8, 4) is 11.5 Å². The number of piperidine rings is 1. The number of benzene rings is 1. The molecule has 2 amide bonds. The first-order chi connectivity index (χ1) is 14.8. The molecular weight excluding hydrogens is 398 g/mol. The number of amides is 2. The van der Waals surface area contributed by atoms with Crippen LogP contribution >= 0.6 is 0 Å². The molecule has 8 nitrogen and oxygen atoms in total. The van der Waals surface area contributed by atoms with E-state index in [-0.39, 0.29) is 24.2 Å². The van der Waals surface area contributed by atoms with Gasteiger partial charge in [-0.3, -0.25) is 14.4 Å². The molecule has 1 N–H and O–H groups in total. The number of carbonyl (C=O) groups is 3. The summed E-state index contributed by atoms with van der Waals surface area (Å²) in [5.41, 5.74) is 0.922. The van der Waals surface area contributed by atoms with Crippen LogP contribution in [0.25, 0.3) is 0 Å². The van der Waals surface area contributed by atoms with Crippen LogP contribution in [0.3, 0.4) is 0 Å². The van der Waals surface area contributed by atoms with E-state index in [9.17, 15) is 14.4 Å². The van der Waals surface area contributed by atoms with Gasteiger partial charge in [0, 0.05) is 45.1 Å². The third-order valence-corrected chi connectivity index (χ3v) is 5.73. The average Bonchev–Trinajstić information content (AvgIpc) is 2.74. The van der Waals surface area contributed by atoms with Crippen LogP contribution in [0.4, 0.5) is 5.82 Å². The number of pyridine rings is 1. The number of rotatable bonds is 4. The molecule has 1 saturated heterocycles. The van der Waals surface area contributed by atoms with Crippen molar-refractivity contribution in [2.45, 2.75) is 38.7 Å². The largest absolute Gasteiger partial charge is 0.486 e. The van der Waals surface area contributed by atoms with Crippen molar-refractivity contribution < 1.29 is 23.9 Å². The summed E-state index contributed by atoms with van der Waals surface area (Å²) in [5, 5.41) is 2.68. The summed E-state index contributed by atoms with van der Waals surface area (Å²) in [6.45, 7) is 4.42. The van der Waals surface area contributed by atoms with Crippen molar-refractivity contribution in [3.05, 3.63) is 47.7 Å². The van der Waals surface area contributed by atoms with Crippen molar-refractivity contribution in [1.29, 1.82) is 0 Å². The molecule has 0 radical (unpaired) electrons. The molecule has 0 bridgehead atoms. The summed E-state index contributed by atoms with van der Waals surface area (Å²) < 4.78 is 11.9. The maximum Gasteiger partial charge on any atom is 0.263 e. The molecule has 1 aromatic heterocycles. The van der Waals surface area contributed by atoms with Gasteiger partial charge in [0.25, 0.3) is 5.91 Å². The highest BCUT2D eigenvalue weighted by Crippen LogP contribution is 2.40. The summed E-state index contributed by atoms with van der Waals surface area (Å²) in [5.74, 6) is 1.08. The molecule has 0 atom stereocenters. The molecule has 0 saturated carbocycles. The van der Waals surface area contributed by atoms with Gasteiger partial charge in [0.05, 0.1) is 12.0 Å². The van der Waals surface area contributed by atoms with Crippen LogP contribution in [-0.4, -0.2) is 52.8 Å². The average molecular weight is 423 g/mol. The number of anilines is 1. The van der Waals surface area contributed by atoms with Crippen LogP contribution in [0.15, 0.2) is 36.5 Å². The number of fused-ring (bicyclic) bond motifs is 1. The minimum atomic E-state index is -0.594. The van der Waals surface area contributed by atoms with E-state index in [0.29, 0.717) is 55.2 Å². The monoisotopic (exact) mass is 423 g/mol. The molecule has 2 aliphatic rings. The van der Waals surface area contributed by atoms with Gasteiger partial charge >= 0.3 is 0 Å². The Labute approximate surface area is 180 Å². The Kier molecular flexibility index (Phi) is 5.63. The number of likely N-dealkylation sites (tertiary alicyclic amines) is 1. The molecule has 3 heterocycles. The molecule has 1 spiro atoms. The standard InChI is InChI=1S/C23H25N3O5/c1-15-3-6-21(24-13-15)25-22(29)14-30-17-4-5-18-19(28)12-23(31-20(18)11-17)7-9-26(10-8-23)16(2)27/h3-6,11,13H,7-10,12,14H2,1-2H3,(H,24,25,29). The molecule has 0 unspecified atom stereocenters. The molecule has 1 aromatic carbocycles. The Balaban J connectivity index is 1.40. The predicted octanol–water partition coefficient (Wildman–Crippen LogP) is 2.75. The lowest BCUT2D eigenvalue weighted by Gasteiger charge is -2.43. The van der Waals surface area contributed by atoms with E-state index < -0.39 is 5.60 Å². The van der Waals surface area contributed by atoms with Crippen molar-refractivity contribution in [2.24, 2.45) is 0 Å². The maximum absolute atomic E-state index is 12.7. The number of nitrogens with one attached hydrogen (secondary N) is 1. The summed E-state index contributed by atoms with van der Waals surface area (Å²) in [6.07, 6.45) is 3.19. The second-order valence-electron chi connectivity index (χ2n) is 8.11. The number of hydrogen-bond acceptors (Lipinski definition) is 6. The SMILES string of the molecule is CC(=O)N1CCC2(CC1)CC(=O)c1ccc(OCC(=O)Nc3ccc(C)cn3)cc1O2. The fourth-order valence-corrected chi connectivity index (χ4v) is 3.94. The third kappa shape index (κ3) is 4.68. The summed E-state index contributed by atoms with van der Waals surface area (Å²) in [4.78, 5) is 42.4. The highest BCUT2D eigenvalue weighted by Gasteiger charge is 2.43. The van der Waals surface area contributed by atoms with E-state index in [1.54, 1.807) is 42.3 Å². The van der Waals surface area contributed by atoms with Crippen LogP contribution in [0.5, 0.6) is 11.5 Å². The zero-order valence-electron chi connectivity index (χ0n) is 17.6. The summed E-state index contributed by atoms with van der Waals surface area (Å²) in [7, 11) is 0. The fourth-order valence-electron chi connectivity index (χ4n) is 3.94. The maximum atomic E-state index is 12.7. The van der Waals surface area contributed by atoms with Gasteiger partial charge in [-0.25, -0.2) is 4.98 Å². The second kappa shape index (κ2) is 8.37. The number of ether oxygens (including phenoxy) is 2. The van der Waals surface area contributed by atoms with E-state index in [4.69, 9.17) is 9.47 Å². The number of aryl methyl sites for hydroxylation is 1. The van der Waals surface area contributed by atoms with E-state index >= 15 is 0 Å². The van der Waals surface area contributed by atoms with Crippen molar-refractivity contribution >= 4 is 23.4 Å². The number of ketones is 1. The van der Waals surface area contributed by atoms with Gasteiger partial charge in [0.2, 0.25) is 5.91 Å². The Bertz CT molecular complexity index is 1010. The molecule has 2 aliphatic heterocycles. The Morgan fingerprint density at radius 2 is 2.00 bits per heavy atom. The van der Waals surface area contributed by atoms with Crippen LogP contribution in [0.2, 0.25) is 0 Å². The van der Waals surface area contributed by atoms with E-state index in [1.807, 2.05) is 13.0 Å². The highest BCUT2D eigenvalue weighted by atomic mass is 16.5. The van der Waals surface area contributed by atoms with Crippen molar-refractivity contribution in [2.75, 3.05) is 25.0 Å². The Morgan fingerprint density at radius 3 is 2.68 bits per heavy atom. The van der Waals surface area contributed by atoms with Gasteiger partial charge in [-0.2, -0.15) is 0 Å². The molecule has 8 heteroatoms. The number of hydrogen-bond donors (Lipinski definition) is 1. The normalized spacial score (nSPS) is 17.0. The zero-order chi connectivity index (χ0) is 22.0. The van der Waals surface area contributed by atoms with E-state index in [1.165, 1.54) is 0 Å². The van der Waals surface area contributed by atoms with Crippen LogP contribution in [0, 0.1) is 6.92 Å². The molecule has 31 heavy (non-hydrogen) atoms. The number of aromatic nitrogens is 1. The van der Waals surface area contributed by atoms with Crippen molar-refractivity contribution in [3.63, 3.8) is 0 Å². The third-order valence-electron chi connectivity index (χ3n) is 5.73. The quantitative estimate of drug-likeness (QED) is 0.812. The Morgan fingerprint density at radius 1 is 1.23 bits per heavy atom.